The van der Waals surface area contributed by atoms with Gasteiger partial charge in [0, 0.05) is 19.6 Å². The number of hydrogen-bond acceptors (Lipinski definition) is 4. The first-order chi connectivity index (χ1) is 10.6. The zero-order valence-corrected chi connectivity index (χ0v) is 12.9. The van der Waals surface area contributed by atoms with Gasteiger partial charge >= 0.3 is 5.97 Å². The molecule has 0 bridgehead atoms. The van der Waals surface area contributed by atoms with Crippen molar-refractivity contribution in [2.45, 2.75) is 25.3 Å². The number of aliphatic carboxylic acids is 1. The van der Waals surface area contributed by atoms with Gasteiger partial charge in [-0.05, 0) is 30.7 Å². The van der Waals surface area contributed by atoms with E-state index in [-0.39, 0.29) is 18.4 Å². The Balaban J connectivity index is 1.69. The summed E-state index contributed by atoms with van der Waals surface area (Å²) in [6.45, 7) is 1.31. The van der Waals surface area contributed by atoms with Crippen molar-refractivity contribution < 1.29 is 19.5 Å². The van der Waals surface area contributed by atoms with E-state index >= 15 is 0 Å². The Labute approximate surface area is 132 Å². The lowest BCUT2D eigenvalue weighted by atomic mass is 10.1. The van der Waals surface area contributed by atoms with Crippen molar-refractivity contribution in [3.8, 4) is 0 Å². The van der Waals surface area contributed by atoms with Crippen LogP contribution >= 0.6 is 11.3 Å². The van der Waals surface area contributed by atoms with Crippen molar-refractivity contribution in [1.82, 2.24) is 9.80 Å². The lowest BCUT2D eigenvalue weighted by molar-refractivity contribution is -0.141. The highest BCUT2D eigenvalue weighted by molar-refractivity contribution is 7.12. The number of carboxylic acids is 1. The molecule has 1 aromatic rings. The van der Waals surface area contributed by atoms with Crippen molar-refractivity contribution in [2.24, 2.45) is 5.92 Å². The van der Waals surface area contributed by atoms with Gasteiger partial charge in [0.25, 0.3) is 5.91 Å². The Morgan fingerprint density at radius 3 is 2.68 bits per heavy atom. The first-order valence-corrected chi connectivity index (χ1v) is 8.32. The molecule has 1 N–H and O–H groups in total. The maximum absolute atomic E-state index is 12.6. The minimum absolute atomic E-state index is 0.0974. The zero-order chi connectivity index (χ0) is 15.7. The van der Waals surface area contributed by atoms with Crippen LogP contribution in [0.1, 0.15) is 28.9 Å². The second kappa shape index (κ2) is 6.08. The molecule has 2 saturated heterocycles. The zero-order valence-electron chi connectivity index (χ0n) is 12.1. The molecule has 7 heteroatoms. The number of carbonyl (C=O) groups excluding carboxylic acids is 2. The average Bonchev–Trinajstić information content (AvgIpc) is 3.25. The number of likely N-dealkylation sites (tertiary alicyclic amines) is 2. The van der Waals surface area contributed by atoms with Crippen LogP contribution in [0.2, 0.25) is 0 Å². The highest BCUT2D eigenvalue weighted by atomic mass is 32.1. The van der Waals surface area contributed by atoms with Crippen molar-refractivity contribution in [2.75, 3.05) is 19.6 Å². The third-order valence-corrected chi connectivity index (χ3v) is 5.24. The summed E-state index contributed by atoms with van der Waals surface area (Å²) in [5.41, 5.74) is 0. The van der Waals surface area contributed by atoms with Crippen LogP contribution in [-0.2, 0) is 9.59 Å². The molecule has 2 unspecified atom stereocenters. The van der Waals surface area contributed by atoms with Crippen molar-refractivity contribution in [3.63, 3.8) is 0 Å². The molecule has 0 saturated carbocycles. The second-order valence-corrected chi connectivity index (χ2v) is 6.69. The van der Waals surface area contributed by atoms with Crippen LogP contribution in [-0.4, -0.2) is 58.4 Å². The summed E-state index contributed by atoms with van der Waals surface area (Å²) in [6.07, 6.45) is 1.96. The van der Waals surface area contributed by atoms with Gasteiger partial charge in [-0.25, -0.2) is 0 Å². The fourth-order valence-corrected chi connectivity index (χ4v) is 3.86. The smallest absolute Gasteiger partial charge is 0.308 e. The largest absolute Gasteiger partial charge is 0.481 e. The molecule has 0 spiro atoms. The Morgan fingerprint density at radius 1 is 1.23 bits per heavy atom. The lowest BCUT2D eigenvalue weighted by Crippen LogP contribution is -2.47. The minimum atomic E-state index is -0.853. The summed E-state index contributed by atoms with van der Waals surface area (Å²) in [5.74, 6) is -1.54. The van der Waals surface area contributed by atoms with Crippen molar-refractivity contribution in [3.05, 3.63) is 22.4 Å². The quantitative estimate of drug-likeness (QED) is 0.909. The van der Waals surface area contributed by atoms with Gasteiger partial charge in [-0.2, -0.15) is 0 Å². The standard InChI is InChI=1S/C15H18N2O4S/c18-13(16-7-5-10(9-16)15(20)21)11-3-1-6-17(11)14(19)12-4-2-8-22-12/h2,4,8,10-11H,1,3,5-7,9H2,(H,20,21). The number of carbonyl (C=O) groups is 3. The minimum Gasteiger partial charge on any atom is -0.481 e. The lowest BCUT2D eigenvalue weighted by Gasteiger charge is -2.27. The van der Waals surface area contributed by atoms with Gasteiger partial charge in [-0.15, -0.1) is 11.3 Å². The summed E-state index contributed by atoms with van der Waals surface area (Å²) in [6, 6.07) is 3.15. The number of thiophene rings is 1. The van der Waals surface area contributed by atoms with Crippen molar-refractivity contribution >= 4 is 29.1 Å². The molecule has 2 atom stereocenters. The topological polar surface area (TPSA) is 77.9 Å². The number of rotatable bonds is 3. The summed E-state index contributed by atoms with van der Waals surface area (Å²) in [7, 11) is 0. The predicted molar refractivity (Wildman–Crippen MR) is 80.7 cm³/mol. The Morgan fingerprint density at radius 2 is 2.05 bits per heavy atom. The van der Waals surface area contributed by atoms with E-state index in [0.717, 1.165) is 6.42 Å². The van der Waals surface area contributed by atoms with E-state index in [9.17, 15) is 14.4 Å². The Hall–Kier alpha value is -1.89. The molecular formula is C15H18N2O4S. The number of nitrogens with zero attached hydrogens (tertiary/aromatic N) is 2. The van der Waals surface area contributed by atoms with E-state index in [1.165, 1.54) is 11.3 Å². The number of hydrogen-bond donors (Lipinski definition) is 1. The van der Waals surface area contributed by atoms with Gasteiger partial charge in [0.15, 0.2) is 0 Å². The van der Waals surface area contributed by atoms with Crippen LogP contribution < -0.4 is 0 Å². The molecule has 1 aromatic heterocycles. The molecule has 3 heterocycles. The molecule has 2 aliphatic heterocycles. The van der Waals surface area contributed by atoms with Gasteiger partial charge in [-0.3, -0.25) is 14.4 Å². The van der Waals surface area contributed by atoms with Crippen molar-refractivity contribution in [1.29, 1.82) is 0 Å². The van der Waals surface area contributed by atoms with E-state index in [1.807, 2.05) is 11.4 Å². The first-order valence-electron chi connectivity index (χ1n) is 7.44. The SMILES string of the molecule is O=C(O)C1CCN(C(=O)C2CCCN2C(=O)c2cccs2)C1. The first kappa shape index (κ1) is 15.0. The number of carboxylic acid groups (broad SMARTS) is 1. The molecule has 3 rings (SSSR count). The summed E-state index contributed by atoms with van der Waals surface area (Å²) < 4.78 is 0. The van der Waals surface area contributed by atoms with Crippen LogP contribution in [0.5, 0.6) is 0 Å². The number of amides is 2. The van der Waals surface area contributed by atoms with Gasteiger partial charge in [0.1, 0.15) is 6.04 Å². The highest BCUT2D eigenvalue weighted by Crippen LogP contribution is 2.26. The molecule has 22 heavy (non-hydrogen) atoms. The third-order valence-electron chi connectivity index (χ3n) is 4.38. The van der Waals surface area contributed by atoms with E-state index < -0.39 is 17.9 Å². The second-order valence-electron chi connectivity index (χ2n) is 5.74. The molecule has 0 radical (unpaired) electrons. The molecule has 0 aliphatic carbocycles. The fourth-order valence-electron chi connectivity index (χ4n) is 3.18. The van der Waals surface area contributed by atoms with Crippen LogP contribution in [0.25, 0.3) is 0 Å². The molecule has 2 aliphatic rings. The normalized spacial score (nSPS) is 24.7. The summed E-state index contributed by atoms with van der Waals surface area (Å²) in [5, 5.41) is 10.9. The molecular weight excluding hydrogens is 304 g/mol. The van der Waals surface area contributed by atoms with E-state index in [2.05, 4.69) is 0 Å². The maximum Gasteiger partial charge on any atom is 0.308 e. The molecule has 118 valence electrons. The predicted octanol–water partition coefficient (Wildman–Crippen LogP) is 1.29. The van der Waals surface area contributed by atoms with Gasteiger partial charge < -0.3 is 14.9 Å². The summed E-state index contributed by atoms with van der Waals surface area (Å²) in [4.78, 5) is 40.0. The van der Waals surface area contributed by atoms with Crippen LogP contribution in [0.4, 0.5) is 0 Å². The maximum atomic E-state index is 12.6. The van der Waals surface area contributed by atoms with Gasteiger partial charge in [0.2, 0.25) is 5.91 Å². The van der Waals surface area contributed by atoms with Crippen LogP contribution in [0.3, 0.4) is 0 Å². The van der Waals surface area contributed by atoms with Crippen LogP contribution in [0, 0.1) is 5.92 Å². The van der Waals surface area contributed by atoms with E-state index in [4.69, 9.17) is 5.11 Å². The summed E-state index contributed by atoms with van der Waals surface area (Å²) >= 11 is 1.37. The van der Waals surface area contributed by atoms with Gasteiger partial charge in [-0.1, -0.05) is 6.07 Å². The molecule has 2 amide bonds. The molecule has 0 aromatic carbocycles. The molecule has 6 nitrogen and oxygen atoms in total. The fraction of sp³-hybridized carbons (Fsp3) is 0.533. The third kappa shape index (κ3) is 2.72. The Kier molecular flexibility index (Phi) is 4.15. The molecule has 2 fully saturated rings. The average molecular weight is 322 g/mol. The van der Waals surface area contributed by atoms with Crippen LogP contribution in [0.15, 0.2) is 17.5 Å². The Bertz CT molecular complexity index is 586. The van der Waals surface area contributed by atoms with Gasteiger partial charge in [0.05, 0.1) is 10.8 Å². The van der Waals surface area contributed by atoms with E-state index in [1.54, 1.807) is 15.9 Å². The monoisotopic (exact) mass is 322 g/mol. The highest BCUT2D eigenvalue weighted by Gasteiger charge is 2.40. The van der Waals surface area contributed by atoms with E-state index in [0.29, 0.717) is 30.8 Å².